The van der Waals surface area contributed by atoms with E-state index in [1.54, 1.807) is 16.8 Å². The number of hydrogen-bond donors (Lipinski definition) is 2. The molecule has 1 aliphatic rings. The van der Waals surface area contributed by atoms with Crippen LogP contribution in [0.4, 0.5) is 0 Å². The molecule has 4 aromatic rings. The zero-order chi connectivity index (χ0) is 30.6. The summed E-state index contributed by atoms with van der Waals surface area (Å²) in [5.41, 5.74) is 11.8. The summed E-state index contributed by atoms with van der Waals surface area (Å²) in [6.07, 6.45) is 9.01. The van der Waals surface area contributed by atoms with Crippen molar-refractivity contribution in [3.05, 3.63) is 78.0 Å². The molecule has 11 heteroatoms. The summed E-state index contributed by atoms with van der Waals surface area (Å²) in [5.74, 6) is 0.133. The van der Waals surface area contributed by atoms with Crippen LogP contribution in [0.15, 0.2) is 61.2 Å². The van der Waals surface area contributed by atoms with Gasteiger partial charge < -0.3 is 20.2 Å². The number of amides is 1. The molecule has 43 heavy (non-hydrogen) atoms. The van der Waals surface area contributed by atoms with E-state index in [2.05, 4.69) is 52.3 Å². The van der Waals surface area contributed by atoms with E-state index in [1.165, 1.54) is 0 Å². The summed E-state index contributed by atoms with van der Waals surface area (Å²) in [6.45, 7) is 6.24. The van der Waals surface area contributed by atoms with Gasteiger partial charge in [0.15, 0.2) is 0 Å². The lowest BCUT2D eigenvalue weighted by atomic mass is 10.0. The van der Waals surface area contributed by atoms with Crippen molar-refractivity contribution in [1.82, 2.24) is 23.7 Å². The van der Waals surface area contributed by atoms with Crippen molar-refractivity contribution in [2.45, 2.75) is 65.1 Å². The Bertz CT molecular complexity index is 1720. The third kappa shape index (κ3) is 7.00. The van der Waals surface area contributed by atoms with Crippen LogP contribution in [-0.2, 0) is 34.3 Å². The van der Waals surface area contributed by atoms with E-state index < -0.39 is 10.0 Å². The van der Waals surface area contributed by atoms with Crippen molar-refractivity contribution in [1.29, 1.82) is 0 Å². The molecule has 5 rings (SSSR count). The lowest BCUT2D eigenvalue weighted by Crippen LogP contribution is -2.40. The number of nitrogens with one attached hydrogen (secondary N) is 1. The van der Waals surface area contributed by atoms with Gasteiger partial charge in [-0.15, -0.1) is 0 Å². The van der Waals surface area contributed by atoms with Crippen LogP contribution < -0.4 is 11.1 Å². The van der Waals surface area contributed by atoms with Crippen LogP contribution in [0.5, 0.6) is 0 Å². The molecule has 0 bridgehead atoms. The van der Waals surface area contributed by atoms with Crippen LogP contribution in [0.2, 0.25) is 0 Å². The van der Waals surface area contributed by atoms with E-state index in [4.69, 9.17) is 18.0 Å². The fourth-order valence-corrected chi connectivity index (χ4v) is 7.60. The molecular weight excluding hydrogens is 581 g/mol. The molecule has 2 aromatic heterocycles. The second kappa shape index (κ2) is 13.4. The number of aromatic nitrogens is 3. The minimum atomic E-state index is -3.23. The maximum Gasteiger partial charge on any atom is 0.226 e. The number of fused-ring (bicyclic) bond motifs is 1. The number of rotatable bonds is 12. The fourth-order valence-electron chi connectivity index (χ4n) is 5.93. The largest absolute Gasteiger partial charge is 0.389 e. The minimum absolute atomic E-state index is 0.0516. The van der Waals surface area contributed by atoms with Crippen molar-refractivity contribution < 1.29 is 13.2 Å². The Morgan fingerprint density at radius 3 is 2.63 bits per heavy atom. The summed E-state index contributed by atoms with van der Waals surface area (Å²) in [5, 5.41) is 4.16. The molecule has 3 heterocycles. The Morgan fingerprint density at radius 2 is 1.91 bits per heavy atom. The average Bonchev–Trinajstić information content (AvgIpc) is 3.60. The first kappa shape index (κ1) is 30.9. The number of benzene rings is 2. The topological polar surface area (TPSA) is 115 Å². The normalized spacial score (nSPS) is 14.7. The molecule has 228 valence electrons. The molecule has 1 fully saturated rings. The maximum atomic E-state index is 12.8. The van der Waals surface area contributed by atoms with Crippen molar-refractivity contribution in [2.24, 2.45) is 5.73 Å². The molecule has 1 aliphatic heterocycles. The van der Waals surface area contributed by atoms with Gasteiger partial charge in [-0.3, -0.25) is 4.79 Å². The summed E-state index contributed by atoms with van der Waals surface area (Å²) in [7, 11) is -3.23. The summed E-state index contributed by atoms with van der Waals surface area (Å²) < 4.78 is 31.3. The number of hydrogen-bond acceptors (Lipinski definition) is 5. The van der Waals surface area contributed by atoms with Gasteiger partial charge in [0, 0.05) is 72.3 Å². The molecule has 3 N–H and O–H groups in total. The predicted molar refractivity (Wildman–Crippen MR) is 175 cm³/mol. The molecule has 0 unspecified atom stereocenters. The number of carbonyl (C=O) groups is 1. The number of piperidine rings is 1. The lowest BCUT2D eigenvalue weighted by Gasteiger charge is -2.32. The van der Waals surface area contributed by atoms with E-state index >= 15 is 0 Å². The van der Waals surface area contributed by atoms with E-state index in [0.717, 1.165) is 64.7 Å². The number of carbonyl (C=O) groups excluding carboxylic acids is 1. The summed E-state index contributed by atoms with van der Waals surface area (Å²) >= 11 is 5.24. The van der Waals surface area contributed by atoms with Crippen LogP contribution in [0.1, 0.15) is 62.4 Å². The molecule has 0 radical (unpaired) electrons. The molecule has 9 nitrogen and oxygen atoms in total. The quantitative estimate of drug-likeness (QED) is 0.220. The van der Waals surface area contributed by atoms with Gasteiger partial charge in [-0.05, 0) is 48.9 Å². The summed E-state index contributed by atoms with van der Waals surface area (Å²) in [4.78, 5) is 17.4. The third-order valence-electron chi connectivity index (χ3n) is 8.12. The molecule has 0 atom stereocenters. The number of nitrogens with zero attached hydrogens (tertiary/aromatic N) is 4. The first-order valence-electron chi connectivity index (χ1n) is 15.0. The Morgan fingerprint density at radius 1 is 1.12 bits per heavy atom. The van der Waals surface area contributed by atoms with Gasteiger partial charge in [-0.1, -0.05) is 56.4 Å². The molecule has 0 saturated carbocycles. The minimum Gasteiger partial charge on any atom is -0.389 e. The van der Waals surface area contributed by atoms with Crippen molar-refractivity contribution in [3.8, 4) is 11.1 Å². The SMILES string of the molecule is CCCn1cncc1CC(=O)NCc1ccc2c(-c3cccc(C(N)=S)c3)cn(C3CCN(S(=O)(=O)CCC)CC3)c2c1. The number of nitrogens with two attached hydrogens (primary N) is 1. The highest BCUT2D eigenvalue weighted by atomic mass is 32.2. The highest BCUT2D eigenvalue weighted by molar-refractivity contribution is 7.89. The van der Waals surface area contributed by atoms with E-state index in [0.29, 0.717) is 31.0 Å². The van der Waals surface area contributed by atoms with Crippen LogP contribution in [0.25, 0.3) is 22.0 Å². The zero-order valence-corrected chi connectivity index (χ0v) is 26.5. The van der Waals surface area contributed by atoms with Gasteiger partial charge in [0.05, 0.1) is 18.5 Å². The van der Waals surface area contributed by atoms with Crippen molar-refractivity contribution >= 4 is 44.0 Å². The lowest BCUT2D eigenvalue weighted by molar-refractivity contribution is -0.120. The molecule has 0 spiro atoms. The molecule has 2 aromatic carbocycles. The van der Waals surface area contributed by atoms with Crippen molar-refractivity contribution in [2.75, 3.05) is 18.8 Å². The third-order valence-corrected chi connectivity index (χ3v) is 10.4. The van der Waals surface area contributed by atoms with E-state index in [-0.39, 0.29) is 24.1 Å². The Balaban J connectivity index is 1.42. The van der Waals surface area contributed by atoms with Gasteiger partial charge in [0.25, 0.3) is 0 Å². The Kier molecular flexibility index (Phi) is 9.63. The Hall–Kier alpha value is -3.54. The zero-order valence-electron chi connectivity index (χ0n) is 24.8. The standard InChI is InChI=1S/C32H40N6O3S2/c1-3-12-36-22-34-20-27(36)18-31(39)35-19-23-8-9-28-29(24-6-5-7-25(17-24)32(33)42)21-38(30(28)16-23)26-10-13-37(14-11-26)43(40,41)15-4-2/h5-9,16-17,20-22,26H,3-4,10-15,18-19H2,1-2H3,(H2,33,42)(H,35,39). The van der Waals surface area contributed by atoms with E-state index in [9.17, 15) is 13.2 Å². The molecular formula is C32H40N6O3S2. The van der Waals surface area contributed by atoms with Gasteiger partial charge in [0.1, 0.15) is 4.99 Å². The number of imidazole rings is 1. The second-order valence-electron chi connectivity index (χ2n) is 11.2. The molecule has 1 saturated heterocycles. The van der Waals surface area contributed by atoms with Crippen LogP contribution >= 0.6 is 12.2 Å². The second-order valence-corrected chi connectivity index (χ2v) is 13.8. The number of sulfonamides is 1. The number of aryl methyl sites for hydroxylation is 1. The summed E-state index contributed by atoms with van der Waals surface area (Å²) in [6, 6.07) is 14.4. The van der Waals surface area contributed by atoms with Gasteiger partial charge in [0.2, 0.25) is 15.9 Å². The van der Waals surface area contributed by atoms with Crippen LogP contribution in [0, 0.1) is 0 Å². The average molecular weight is 621 g/mol. The first-order valence-corrected chi connectivity index (χ1v) is 17.0. The maximum absolute atomic E-state index is 12.8. The predicted octanol–water partition coefficient (Wildman–Crippen LogP) is 4.78. The van der Waals surface area contributed by atoms with Gasteiger partial charge in [-0.2, -0.15) is 0 Å². The van der Waals surface area contributed by atoms with Crippen molar-refractivity contribution in [3.63, 3.8) is 0 Å². The smallest absolute Gasteiger partial charge is 0.226 e. The molecule has 0 aliphatic carbocycles. The first-order chi connectivity index (χ1) is 20.7. The molecule has 1 amide bonds. The highest BCUT2D eigenvalue weighted by Gasteiger charge is 2.29. The Labute approximate surface area is 259 Å². The van der Waals surface area contributed by atoms with E-state index in [1.807, 2.05) is 29.7 Å². The van der Waals surface area contributed by atoms with Crippen LogP contribution in [0.3, 0.4) is 0 Å². The van der Waals surface area contributed by atoms with Gasteiger partial charge in [-0.25, -0.2) is 17.7 Å². The monoisotopic (exact) mass is 620 g/mol. The number of thiocarbonyl (C=S) groups is 1. The fraction of sp³-hybridized carbons (Fsp3) is 0.406. The van der Waals surface area contributed by atoms with Crippen LogP contribution in [-0.4, -0.2) is 56.6 Å². The van der Waals surface area contributed by atoms with Gasteiger partial charge >= 0.3 is 0 Å². The highest BCUT2D eigenvalue weighted by Crippen LogP contribution is 2.36.